The van der Waals surface area contributed by atoms with Crippen molar-refractivity contribution in [3.63, 3.8) is 0 Å². The molecule has 0 saturated heterocycles. The quantitative estimate of drug-likeness (QED) is 0.672. The van der Waals surface area contributed by atoms with Gasteiger partial charge in [0.2, 0.25) is 5.91 Å². The van der Waals surface area contributed by atoms with Crippen LogP contribution in [-0.4, -0.2) is 50.9 Å². The molecule has 0 heterocycles. The van der Waals surface area contributed by atoms with Gasteiger partial charge < -0.3 is 19.7 Å². The molecule has 0 aliphatic heterocycles. The van der Waals surface area contributed by atoms with Crippen LogP contribution in [0.5, 0.6) is 5.75 Å². The highest BCUT2D eigenvalue weighted by atomic mass is 16.7. The van der Waals surface area contributed by atoms with Crippen LogP contribution in [0.2, 0.25) is 0 Å². The third-order valence-corrected chi connectivity index (χ3v) is 4.40. The van der Waals surface area contributed by atoms with E-state index in [2.05, 4.69) is 24.1 Å². The Labute approximate surface area is 139 Å². The Balaban J connectivity index is 1.74. The molecule has 2 unspecified atom stereocenters. The summed E-state index contributed by atoms with van der Waals surface area (Å²) in [4.78, 5) is 14.5. The van der Waals surface area contributed by atoms with Gasteiger partial charge in [-0.15, -0.1) is 0 Å². The van der Waals surface area contributed by atoms with Gasteiger partial charge in [0, 0.05) is 26.1 Å². The van der Waals surface area contributed by atoms with Crippen molar-refractivity contribution in [2.24, 2.45) is 5.92 Å². The summed E-state index contributed by atoms with van der Waals surface area (Å²) in [6, 6.07) is 7.95. The van der Waals surface area contributed by atoms with E-state index in [-0.39, 0.29) is 18.6 Å². The zero-order chi connectivity index (χ0) is 16.7. The first kappa shape index (κ1) is 17.8. The predicted molar refractivity (Wildman–Crippen MR) is 90.6 cm³/mol. The molecule has 1 amide bonds. The second kappa shape index (κ2) is 8.89. The van der Waals surface area contributed by atoms with Crippen LogP contribution in [0.25, 0.3) is 0 Å². The maximum absolute atomic E-state index is 12.2. The van der Waals surface area contributed by atoms with Crippen LogP contribution in [-0.2, 0) is 9.53 Å². The molecule has 0 aromatic heterocycles. The number of rotatable bonds is 10. The summed E-state index contributed by atoms with van der Waals surface area (Å²) in [7, 11) is 1.60. The van der Waals surface area contributed by atoms with Gasteiger partial charge in [0.15, 0.2) is 6.79 Å². The molecule has 1 aliphatic carbocycles. The average Bonchev–Trinajstić information content (AvgIpc) is 3.38. The van der Waals surface area contributed by atoms with E-state index >= 15 is 0 Å². The summed E-state index contributed by atoms with van der Waals surface area (Å²) in [5, 5.41) is 3.06. The van der Waals surface area contributed by atoms with E-state index in [1.807, 2.05) is 24.3 Å². The van der Waals surface area contributed by atoms with Crippen molar-refractivity contribution in [1.82, 2.24) is 10.2 Å². The van der Waals surface area contributed by atoms with Crippen molar-refractivity contribution in [1.29, 1.82) is 0 Å². The Hall–Kier alpha value is -1.59. The van der Waals surface area contributed by atoms with Gasteiger partial charge in [-0.3, -0.25) is 4.79 Å². The van der Waals surface area contributed by atoms with E-state index in [0.29, 0.717) is 5.92 Å². The maximum atomic E-state index is 12.2. The fourth-order valence-electron chi connectivity index (χ4n) is 2.80. The number of benzene rings is 1. The molecule has 1 aromatic rings. The van der Waals surface area contributed by atoms with Gasteiger partial charge in [-0.25, -0.2) is 0 Å². The van der Waals surface area contributed by atoms with Gasteiger partial charge in [-0.2, -0.15) is 0 Å². The minimum Gasteiger partial charge on any atom is -0.468 e. The van der Waals surface area contributed by atoms with Gasteiger partial charge in [-0.05, 0) is 43.1 Å². The summed E-state index contributed by atoms with van der Waals surface area (Å²) in [6.07, 6.45) is 0.940. The standard InChI is InChI=1S/C18H28N2O3/c1-4-20(5-2)11-10-19-18(21)17-12-16(17)14-6-8-15(9-7-14)23-13-22-3/h6-9,16-17H,4-5,10-13H2,1-3H3,(H,19,21). The second-order valence-electron chi connectivity index (χ2n) is 5.89. The second-order valence-corrected chi connectivity index (χ2v) is 5.89. The molecule has 1 N–H and O–H groups in total. The van der Waals surface area contributed by atoms with Crippen molar-refractivity contribution < 1.29 is 14.3 Å². The number of hydrogen-bond acceptors (Lipinski definition) is 4. The monoisotopic (exact) mass is 320 g/mol. The fourth-order valence-corrected chi connectivity index (χ4v) is 2.80. The smallest absolute Gasteiger partial charge is 0.223 e. The van der Waals surface area contributed by atoms with E-state index in [1.165, 1.54) is 5.56 Å². The molecule has 0 bridgehead atoms. The van der Waals surface area contributed by atoms with E-state index < -0.39 is 0 Å². The summed E-state index contributed by atoms with van der Waals surface area (Å²) in [6.45, 7) is 8.23. The fraction of sp³-hybridized carbons (Fsp3) is 0.611. The Kier molecular flexibility index (Phi) is 6.86. The van der Waals surface area contributed by atoms with Gasteiger partial charge in [0.25, 0.3) is 0 Å². The van der Waals surface area contributed by atoms with E-state index in [0.717, 1.165) is 38.3 Å². The van der Waals surface area contributed by atoms with Crippen LogP contribution in [0.4, 0.5) is 0 Å². The first-order chi connectivity index (χ1) is 11.2. The highest BCUT2D eigenvalue weighted by Gasteiger charge is 2.43. The Morgan fingerprint density at radius 1 is 1.26 bits per heavy atom. The molecular formula is C18H28N2O3. The lowest BCUT2D eigenvalue weighted by Gasteiger charge is -2.17. The first-order valence-electron chi connectivity index (χ1n) is 8.41. The zero-order valence-electron chi connectivity index (χ0n) is 14.4. The number of ether oxygens (including phenoxy) is 2. The van der Waals surface area contributed by atoms with Crippen LogP contribution in [0.1, 0.15) is 31.7 Å². The first-order valence-corrected chi connectivity index (χ1v) is 8.41. The molecule has 5 heteroatoms. The summed E-state index contributed by atoms with van der Waals surface area (Å²) in [5.74, 6) is 1.44. The summed E-state index contributed by atoms with van der Waals surface area (Å²) in [5.41, 5.74) is 1.21. The molecule has 1 aliphatic rings. The lowest BCUT2D eigenvalue weighted by Crippen LogP contribution is -2.35. The van der Waals surface area contributed by atoms with Crippen molar-refractivity contribution in [3.8, 4) is 5.75 Å². The zero-order valence-corrected chi connectivity index (χ0v) is 14.4. The Morgan fingerprint density at radius 3 is 2.57 bits per heavy atom. The lowest BCUT2D eigenvalue weighted by atomic mass is 10.1. The molecule has 1 aromatic carbocycles. The summed E-state index contributed by atoms with van der Waals surface area (Å²) >= 11 is 0. The largest absolute Gasteiger partial charge is 0.468 e. The van der Waals surface area contributed by atoms with E-state index in [4.69, 9.17) is 9.47 Å². The van der Waals surface area contributed by atoms with Crippen molar-refractivity contribution in [3.05, 3.63) is 29.8 Å². The number of hydrogen-bond donors (Lipinski definition) is 1. The van der Waals surface area contributed by atoms with E-state index in [9.17, 15) is 4.79 Å². The topological polar surface area (TPSA) is 50.8 Å². The van der Waals surface area contributed by atoms with Crippen molar-refractivity contribution in [2.45, 2.75) is 26.2 Å². The number of amides is 1. The molecule has 23 heavy (non-hydrogen) atoms. The molecule has 5 nitrogen and oxygen atoms in total. The molecule has 0 spiro atoms. The third kappa shape index (κ3) is 5.22. The molecular weight excluding hydrogens is 292 g/mol. The molecule has 1 saturated carbocycles. The predicted octanol–water partition coefficient (Wildman–Crippen LogP) is 2.23. The molecule has 2 rings (SSSR count). The number of carbonyl (C=O) groups excluding carboxylic acids is 1. The minimum absolute atomic E-state index is 0.123. The Morgan fingerprint density at radius 2 is 1.96 bits per heavy atom. The van der Waals surface area contributed by atoms with Gasteiger partial charge in [-0.1, -0.05) is 26.0 Å². The van der Waals surface area contributed by atoms with Gasteiger partial charge >= 0.3 is 0 Å². The molecule has 1 fully saturated rings. The third-order valence-electron chi connectivity index (χ3n) is 4.40. The molecule has 128 valence electrons. The van der Waals surface area contributed by atoms with E-state index in [1.54, 1.807) is 7.11 Å². The van der Waals surface area contributed by atoms with Crippen LogP contribution < -0.4 is 10.1 Å². The van der Waals surface area contributed by atoms with Gasteiger partial charge in [0.1, 0.15) is 5.75 Å². The average molecular weight is 320 g/mol. The maximum Gasteiger partial charge on any atom is 0.223 e. The number of carbonyl (C=O) groups is 1. The molecule has 0 radical (unpaired) electrons. The number of nitrogens with zero attached hydrogens (tertiary/aromatic N) is 1. The van der Waals surface area contributed by atoms with Crippen LogP contribution in [0.15, 0.2) is 24.3 Å². The number of nitrogens with one attached hydrogen (secondary N) is 1. The van der Waals surface area contributed by atoms with Crippen molar-refractivity contribution >= 4 is 5.91 Å². The van der Waals surface area contributed by atoms with Crippen molar-refractivity contribution in [2.75, 3.05) is 40.1 Å². The van der Waals surface area contributed by atoms with Gasteiger partial charge in [0.05, 0.1) is 0 Å². The summed E-state index contributed by atoms with van der Waals surface area (Å²) < 4.78 is 10.3. The minimum atomic E-state index is 0.123. The van der Waals surface area contributed by atoms with Crippen LogP contribution >= 0.6 is 0 Å². The number of methoxy groups -OCH3 is 1. The SMILES string of the molecule is CCN(CC)CCNC(=O)C1CC1c1ccc(OCOC)cc1. The highest BCUT2D eigenvalue weighted by Crippen LogP contribution is 2.47. The van der Waals surface area contributed by atoms with Crippen LogP contribution in [0, 0.1) is 5.92 Å². The lowest BCUT2D eigenvalue weighted by molar-refractivity contribution is -0.122. The highest BCUT2D eigenvalue weighted by molar-refractivity contribution is 5.82. The molecule has 2 atom stereocenters. The Bertz CT molecular complexity index is 486. The normalized spacial score (nSPS) is 19.7. The van der Waals surface area contributed by atoms with Crippen LogP contribution in [0.3, 0.4) is 0 Å². The number of likely N-dealkylation sites (N-methyl/N-ethyl adjacent to an activating group) is 1.